The zero-order valence-corrected chi connectivity index (χ0v) is 11.4. The molecule has 0 aromatic rings. The summed E-state index contributed by atoms with van der Waals surface area (Å²) in [6.07, 6.45) is 0.719. The van der Waals surface area contributed by atoms with Crippen molar-refractivity contribution in [3.05, 3.63) is 0 Å². The molecule has 0 unspecified atom stereocenters. The van der Waals surface area contributed by atoms with Crippen molar-refractivity contribution in [3.8, 4) is 11.8 Å². The van der Waals surface area contributed by atoms with Crippen molar-refractivity contribution in [1.29, 1.82) is 0 Å². The summed E-state index contributed by atoms with van der Waals surface area (Å²) in [6, 6.07) is 0. The van der Waals surface area contributed by atoms with Crippen molar-refractivity contribution in [2.24, 2.45) is 0 Å². The van der Waals surface area contributed by atoms with Crippen LogP contribution in [0.1, 0.15) is 33.6 Å². The van der Waals surface area contributed by atoms with E-state index in [1.807, 2.05) is 0 Å². The van der Waals surface area contributed by atoms with Gasteiger partial charge in [0.05, 0.1) is 0 Å². The number of carbonyl (C=O) groups is 1. The van der Waals surface area contributed by atoms with Gasteiger partial charge in [0.15, 0.2) is 5.78 Å². The fraction of sp³-hybridized carbons (Fsp3) is 0.727. The van der Waals surface area contributed by atoms with Crippen LogP contribution in [0.4, 0.5) is 0 Å². The van der Waals surface area contributed by atoms with E-state index in [1.165, 1.54) is 14.2 Å². The van der Waals surface area contributed by atoms with Crippen molar-refractivity contribution in [3.63, 3.8) is 0 Å². The van der Waals surface area contributed by atoms with Crippen LogP contribution in [-0.2, 0) is 18.4 Å². The second-order valence-corrected chi connectivity index (χ2v) is 6.61. The third-order valence-corrected chi connectivity index (χ3v) is 5.08. The summed E-state index contributed by atoms with van der Waals surface area (Å²) >= 11 is 0. The average Bonchev–Trinajstić information content (AvgIpc) is 2.27. The van der Waals surface area contributed by atoms with Gasteiger partial charge in [0, 0.05) is 27.1 Å². The van der Waals surface area contributed by atoms with Gasteiger partial charge < -0.3 is 9.05 Å². The zero-order valence-electron chi connectivity index (χ0n) is 10.5. The van der Waals surface area contributed by atoms with Crippen molar-refractivity contribution in [1.82, 2.24) is 0 Å². The smallest absolute Gasteiger partial charge is 0.311 e. The molecule has 5 heteroatoms. The summed E-state index contributed by atoms with van der Waals surface area (Å²) in [6.45, 7) is 4.86. The Morgan fingerprint density at radius 3 is 2.19 bits per heavy atom. The van der Waals surface area contributed by atoms with E-state index in [2.05, 4.69) is 11.8 Å². The minimum absolute atomic E-state index is 0.165. The molecule has 0 bridgehead atoms. The molecule has 0 atom stereocenters. The largest absolute Gasteiger partial charge is 0.343 e. The molecule has 0 radical (unpaired) electrons. The Bertz CT molecular complexity index is 341. The molecule has 0 aliphatic carbocycles. The van der Waals surface area contributed by atoms with Crippen LogP contribution in [0.3, 0.4) is 0 Å². The molecular formula is C11H19O4P. The maximum Gasteiger partial charge on any atom is 0.343 e. The third kappa shape index (κ3) is 3.18. The molecule has 0 aromatic carbocycles. The number of Topliss-reactive ketones (excluding diaryl/α,β-unsaturated/α-hetero) is 1. The summed E-state index contributed by atoms with van der Waals surface area (Å²) in [5, 5.41) is -1.13. The van der Waals surface area contributed by atoms with Gasteiger partial charge in [0.25, 0.3) is 0 Å². The van der Waals surface area contributed by atoms with E-state index in [4.69, 9.17) is 9.05 Å². The molecule has 0 N–H and O–H groups in total. The van der Waals surface area contributed by atoms with E-state index in [0.717, 1.165) is 0 Å². The quantitative estimate of drug-likeness (QED) is 0.534. The highest BCUT2D eigenvalue weighted by Crippen LogP contribution is 2.59. The van der Waals surface area contributed by atoms with Gasteiger partial charge in [-0.05, 0) is 20.8 Å². The van der Waals surface area contributed by atoms with Crippen LogP contribution in [0, 0.1) is 11.8 Å². The molecule has 0 amide bonds. The Morgan fingerprint density at radius 1 is 1.31 bits per heavy atom. The first-order valence-electron chi connectivity index (χ1n) is 5.00. The van der Waals surface area contributed by atoms with Gasteiger partial charge in [-0.25, -0.2) is 0 Å². The number of ketones is 1. The van der Waals surface area contributed by atoms with Gasteiger partial charge >= 0.3 is 7.60 Å². The zero-order chi connectivity index (χ0) is 12.8. The van der Waals surface area contributed by atoms with Gasteiger partial charge in [-0.3, -0.25) is 9.36 Å². The van der Waals surface area contributed by atoms with Crippen molar-refractivity contribution < 1.29 is 18.4 Å². The molecule has 0 aromatic heterocycles. The third-order valence-electron chi connectivity index (χ3n) is 2.50. The second-order valence-electron chi connectivity index (χ2n) is 3.77. The Kier molecular flexibility index (Phi) is 5.96. The van der Waals surface area contributed by atoms with Gasteiger partial charge in [-0.15, -0.1) is 11.8 Å². The molecule has 0 aliphatic heterocycles. The van der Waals surface area contributed by atoms with Crippen LogP contribution in [-0.4, -0.2) is 25.2 Å². The standard InChI is InChI=1S/C11H19O4P/c1-6-7-8-9-10(12)11(2,3)16(13,14-4)15-5/h8-9H2,1-5H3. The predicted octanol–water partition coefficient (Wildman–Crippen LogP) is 2.62. The van der Waals surface area contributed by atoms with E-state index in [0.29, 0.717) is 6.42 Å². The highest BCUT2D eigenvalue weighted by atomic mass is 31.2. The van der Waals surface area contributed by atoms with Crippen LogP contribution >= 0.6 is 7.60 Å². The highest BCUT2D eigenvalue weighted by Gasteiger charge is 2.47. The maximum absolute atomic E-state index is 12.1. The first-order chi connectivity index (χ1) is 7.35. The Balaban J connectivity index is 4.81. The van der Waals surface area contributed by atoms with E-state index < -0.39 is 12.8 Å². The molecule has 0 spiro atoms. The Morgan fingerprint density at radius 2 is 1.81 bits per heavy atom. The summed E-state index contributed by atoms with van der Waals surface area (Å²) < 4.78 is 21.9. The summed E-state index contributed by atoms with van der Waals surface area (Å²) in [5.74, 6) is 5.34. The Labute approximate surface area is 97.2 Å². The molecule has 0 heterocycles. The number of hydrogen-bond acceptors (Lipinski definition) is 4. The second kappa shape index (κ2) is 6.20. The SMILES string of the molecule is CC#CCCC(=O)C(C)(C)P(=O)(OC)OC. The van der Waals surface area contributed by atoms with Crippen LogP contribution < -0.4 is 0 Å². The molecule has 0 fully saturated rings. The average molecular weight is 246 g/mol. The lowest BCUT2D eigenvalue weighted by molar-refractivity contribution is -0.121. The first-order valence-corrected chi connectivity index (χ1v) is 6.54. The van der Waals surface area contributed by atoms with Gasteiger partial charge in [-0.2, -0.15) is 0 Å². The minimum atomic E-state index is -3.39. The van der Waals surface area contributed by atoms with E-state index >= 15 is 0 Å². The van der Waals surface area contributed by atoms with Gasteiger partial charge in [0.1, 0.15) is 5.16 Å². The predicted molar refractivity (Wildman–Crippen MR) is 63.4 cm³/mol. The summed E-state index contributed by atoms with van der Waals surface area (Å²) in [5.41, 5.74) is 0. The molecule has 92 valence electrons. The molecule has 4 nitrogen and oxygen atoms in total. The van der Waals surface area contributed by atoms with Gasteiger partial charge in [0.2, 0.25) is 0 Å². The lowest BCUT2D eigenvalue weighted by atomic mass is 10.0. The molecule has 0 saturated heterocycles. The van der Waals surface area contributed by atoms with Crippen molar-refractivity contribution in [2.45, 2.75) is 38.8 Å². The Hall–Kier alpha value is -0.620. The molecule has 0 rings (SSSR count). The summed E-state index contributed by atoms with van der Waals surface area (Å²) in [7, 11) is -0.821. The van der Waals surface area contributed by atoms with Crippen molar-refractivity contribution >= 4 is 13.4 Å². The van der Waals surface area contributed by atoms with Crippen LogP contribution in [0.15, 0.2) is 0 Å². The summed E-state index contributed by atoms with van der Waals surface area (Å²) in [4.78, 5) is 11.9. The van der Waals surface area contributed by atoms with E-state index in [1.54, 1.807) is 20.8 Å². The van der Waals surface area contributed by atoms with Crippen LogP contribution in [0.5, 0.6) is 0 Å². The number of carbonyl (C=O) groups excluding carboxylic acids is 1. The highest BCUT2D eigenvalue weighted by molar-refractivity contribution is 7.56. The first kappa shape index (κ1) is 15.4. The van der Waals surface area contributed by atoms with Crippen LogP contribution in [0.25, 0.3) is 0 Å². The molecular weight excluding hydrogens is 227 g/mol. The van der Waals surface area contributed by atoms with E-state index in [9.17, 15) is 9.36 Å². The minimum Gasteiger partial charge on any atom is -0.311 e. The fourth-order valence-electron chi connectivity index (χ4n) is 1.29. The van der Waals surface area contributed by atoms with Crippen molar-refractivity contribution in [2.75, 3.05) is 14.2 Å². The monoisotopic (exact) mass is 246 g/mol. The fourth-order valence-corrected chi connectivity index (χ4v) is 2.77. The van der Waals surface area contributed by atoms with Gasteiger partial charge in [-0.1, -0.05) is 0 Å². The normalized spacial score (nSPS) is 11.8. The lowest BCUT2D eigenvalue weighted by Crippen LogP contribution is -2.32. The topological polar surface area (TPSA) is 52.6 Å². The maximum atomic E-state index is 12.1. The van der Waals surface area contributed by atoms with Crippen LogP contribution in [0.2, 0.25) is 0 Å². The lowest BCUT2D eigenvalue weighted by Gasteiger charge is -2.29. The molecule has 0 aliphatic rings. The number of hydrogen-bond donors (Lipinski definition) is 0. The molecule has 16 heavy (non-hydrogen) atoms. The molecule has 0 saturated carbocycles. The van der Waals surface area contributed by atoms with E-state index in [-0.39, 0.29) is 12.2 Å². The number of rotatable bonds is 6.